The third-order valence-corrected chi connectivity index (χ3v) is 5.72. The van der Waals surface area contributed by atoms with E-state index in [0.717, 1.165) is 46.2 Å². The molecule has 162 valence electrons. The number of likely N-dealkylation sites (N-methyl/N-ethyl adjacent to an activating group) is 2. The van der Waals surface area contributed by atoms with Gasteiger partial charge in [-0.3, -0.25) is 8.97 Å². The highest BCUT2D eigenvalue weighted by molar-refractivity contribution is 5.75. The fourth-order valence-corrected chi connectivity index (χ4v) is 3.96. The van der Waals surface area contributed by atoms with Crippen molar-refractivity contribution < 1.29 is 19.8 Å². The van der Waals surface area contributed by atoms with Gasteiger partial charge in [-0.1, -0.05) is 0 Å². The highest BCUT2D eigenvalue weighted by atomic mass is 16.3. The SMILES string of the molecule is C[N+](C)(CCO)c1ccc(-c2ccc([N+](C)(C)CCO)c(CC=O)c2)cc1CC=O. The first-order chi connectivity index (χ1) is 14.2. The molecule has 0 saturated heterocycles. The number of aldehydes is 2. The van der Waals surface area contributed by atoms with Crippen LogP contribution in [-0.2, 0) is 22.4 Å². The molecular weight excluding hydrogens is 380 g/mol. The normalized spacial score (nSPS) is 12.1. The first kappa shape index (κ1) is 23.9. The van der Waals surface area contributed by atoms with Crippen LogP contribution in [0.1, 0.15) is 11.1 Å². The number of aliphatic hydroxyl groups is 2. The van der Waals surface area contributed by atoms with Crippen LogP contribution in [0.5, 0.6) is 0 Å². The molecule has 6 nitrogen and oxygen atoms in total. The Bertz CT molecular complexity index is 817. The Morgan fingerprint density at radius 3 is 1.37 bits per heavy atom. The van der Waals surface area contributed by atoms with E-state index < -0.39 is 0 Å². The lowest BCUT2D eigenvalue weighted by Crippen LogP contribution is -2.43. The summed E-state index contributed by atoms with van der Waals surface area (Å²) in [5, 5.41) is 18.8. The Kier molecular flexibility index (Phi) is 8.03. The summed E-state index contributed by atoms with van der Waals surface area (Å²) in [5.74, 6) is 0. The van der Waals surface area contributed by atoms with Gasteiger partial charge in [0, 0.05) is 36.1 Å². The largest absolute Gasteiger partial charge is 0.390 e. The van der Waals surface area contributed by atoms with Gasteiger partial charge in [-0.05, 0) is 35.4 Å². The van der Waals surface area contributed by atoms with Crippen molar-refractivity contribution in [2.45, 2.75) is 12.8 Å². The van der Waals surface area contributed by atoms with E-state index in [1.807, 2.05) is 64.6 Å². The van der Waals surface area contributed by atoms with Gasteiger partial charge in [0.1, 0.15) is 37.0 Å². The highest BCUT2D eigenvalue weighted by Gasteiger charge is 2.24. The van der Waals surface area contributed by atoms with Crippen LogP contribution in [0.3, 0.4) is 0 Å². The second-order valence-electron chi connectivity index (χ2n) is 8.69. The molecule has 0 radical (unpaired) electrons. The Labute approximate surface area is 179 Å². The molecule has 6 heteroatoms. The number of hydrogen-bond donors (Lipinski definition) is 2. The zero-order valence-electron chi connectivity index (χ0n) is 18.5. The van der Waals surface area contributed by atoms with Gasteiger partial charge in [-0.2, -0.15) is 0 Å². The minimum Gasteiger partial charge on any atom is -0.390 e. The van der Waals surface area contributed by atoms with Crippen LogP contribution in [0.2, 0.25) is 0 Å². The fraction of sp³-hybridized carbons (Fsp3) is 0.417. The van der Waals surface area contributed by atoms with Crippen LogP contribution in [0, 0.1) is 0 Å². The fourth-order valence-electron chi connectivity index (χ4n) is 3.96. The van der Waals surface area contributed by atoms with Gasteiger partial charge in [-0.15, -0.1) is 0 Å². The van der Waals surface area contributed by atoms with Gasteiger partial charge in [-0.25, -0.2) is 0 Å². The molecule has 0 aliphatic heterocycles. The number of carbonyl (C=O) groups excluding carboxylic acids is 2. The number of benzene rings is 2. The van der Waals surface area contributed by atoms with Gasteiger partial charge in [0.2, 0.25) is 0 Å². The number of nitrogens with zero attached hydrogens (tertiary/aromatic N) is 2. The smallest absolute Gasteiger partial charge is 0.136 e. The summed E-state index contributed by atoms with van der Waals surface area (Å²) in [6.07, 6.45) is 2.40. The molecule has 0 heterocycles. The number of rotatable bonds is 11. The zero-order valence-corrected chi connectivity index (χ0v) is 18.5. The van der Waals surface area contributed by atoms with E-state index in [2.05, 4.69) is 0 Å². The van der Waals surface area contributed by atoms with E-state index in [9.17, 15) is 19.8 Å². The van der Waals surface area contributed by atoms with Crippen LogP contribution in [0.25, 0.3) is 11.1 Å². The molecule has 0 unspecified atom stereocenters. The average molecular weight is 415 g/mol. The average Bonchev–Trinajstić information content (AvgIpc) is 2.68. The Morgan fingerprint density at radius 2 is 1.07 bits per heavy atom. The summed E-state index contributed by atoms with van der Waals surface area (Å²) in [6.45, 7) is 1.24. The second kappa shape index (κ2) is 10.1. The summed E-state index contributed by atoms with van der Waals surface area (Å²) in [6, 6.07) is 12.1. The molecule has 2 N–H and O–H groups in total. The number of quaternary nitrogens is 2. The summed E-state index contributed by atoms with van der Waals surface area (Å²) in [5.41, 5.74) is 5.82. The first-order valence-corrected chi connectivity index (χ1v) is 10.2. The van der Waals surface area contributed by atoms with Crippen LogP contribution in [0.4, 0.5) is 11.4 Å². The third-order valence-electron chi connectivity index (χ3n) is 5.72. The lowest BCUT2D eigenvalue weighted by molar-refractivity contribution is -0.108. The molecule has 0 bridgehead atoms. The molecule has 2 aromatic carbocycles. The predicted octanol–water partition coefficient (Wildman–Crippen LogP) is 1.95. The minimum atomic E-state index is 0.0632. The van der Waals surface area contributed by atoms with Crippen molar-refractivity contribution in [2.75, 3.05) is 54.5 Å². The standard InChI is InChI=1S/C24H34N2O4/c1-25(2,11-15-29)23-7-5-19(17-21(23)9-13-27)20-6-8-24(22(18-20)10-14-28)26(3,4)12-16-30/h5-8,13-14,17-18,29-30H,9-12,15-16H2,1-4H3/q+2. The van der Waals surface area contributed by atoms with Crippen molar-refractivity contribution in [1.82, 2.24) is 8.97 Å². The van der Waals surface area contributed by atoms with Crippen LogP contribution < -0.4 is 8.97 Å². The van der Waals surface area contributed by atoms with Gasteiger partial charge in [0.05, 0.1) is 41.4 Å². The molecule has 30 heavy (non-hydrogen) atoms. The summed E-state index contributed by atoms with van der Waals surface area (Å²) < 4.78 is 0.976. The zero-order chi connectivity index (χ0) is 22.4. The first-order valence-electron chi connectivity index (χ1n) is 10.2. The van der Waals surface area contributed by atoms with Gasteiger partial charge in [0.25, 0.3) is 0 Å². The summed E-state index contributed by atoms with van der Waals surface area (Å²) in [7, 11) is 8.05. The van der Waals surface area contributed by atoms with Crippen molar-refractivity contribution >= 4 is 23.9 Å². The minimum absolute atomic E-state index is 0.0632. The third kappa shape index (κ3) is 5.40. The Morgan fingerprint density at radius 1 is 0.700 bits per heavy atom. The molecule has 0 spiro atoms. The van der Waals surface area contributed by atoms with E-state index >= 15 is 0 Å². The number of hydrogen-bond acceptors (Lipinski definition) is 4. The number of aliphatic hydroxyl groups excluding tert-OH is 2. The second-order valence-corrected chi connectivity index (χ2v) is 8.69. The molecule has 0 aliphatic carbocycles. The van der Waals surface area contributed by atoms with Gasteiger partial charge >= 0.3 is 0 Å². The molecule has 0 fully saturated rings. The predicted molar refractivity (Wildman–Crippen MR) is 123 cm³/mol. The molecule has 2 rings (SSSR count). The highest BCUT2D eigenvalue weighted by Crippen LogP contribution is 2.33. The maximum Gasteiger partial charge on any atom is 0.136 e. The van der Waals surface area contributed by atoms with Crippen molar-refractivity contribution in [3.05, 3.63) is 47.5 Å². The lowest BCUT2D eigenvalue weighted by atomic mass is 9.96. The van der Waals surface area contributed by atoms with E-state index in [0.29, 0.717) is 34.9 Å². The van der Waals surface area contributed by atoms with Gasteiger partial charge < -0.3 is 19.8 Å². The summed E-state index contributed by atoms with van der Waals surface area (Å²) in [4.78, 5) is 22.6. The topological polar surface area (TPSA) is 74.6 Å². The molecule has 0 saturated carbocycles. The molecule has 0 aliphatic rings. The molecular formula is C24H34N2O4+2. The van der Waals surface area contributed by atoms with Crippen molar-refractivity contribution in [3.8, 4) is 11.1 Å². The molecule has 0 atom stereocenters. The van der Waals surface area contributed by atoms with Crippen molar-refractivity contribution in [2.24, 2.45) is 0 Å². The quantitative estimate of drug-likeness (QED) is 0.435. The van der Waals surface area contributed by atoms with Gasteiger partial charge in [0.15, 0.2) is 0 Å². The summed E-state index contributed by atoms with van der Waals surface area (Å²) >= 11 is 0. The van der Waals surface area contributed by atoms with E-state index in [1.54, 1.807) is 0 Å². The number of carbonyl (C=O) groups is 2. The molecule has 0 amide bonds. The monoisotopic (exact) mass is 414 g/mol. The van der Waals surface area contributed by atoms with E-state index in [1.165, 1.54) is 0 Å². The molecule has 2 aromatic rings. The van der Waals surface area contributed by atoms with Crippen LogP contribution in [-0.4, -0.2) is 77.3 Å². The van der Waals surface area contributed by atoms with Crippen molar-refractivity contribution in [1.29, 1.82) is 0 Å². The molecule has 0 aromatic heterocycles. The Hall–Kier alpha value is -2.38. The maximum atomic E-state index is 11.3. The lowest BCUT2D eigenvalue weighted by Gasteiger charge is -2.31. The van der Waals surface area contributed by atoms with E-state index in [-0.39, 0.29) is 13.2 Å². The van der Waals surface area contributed by atoms with E-state index in [4.69, 9.17) is 0 Å². The maximum absolute atomic E-state index is 11.3. The van der Waals surface area contributed by atoms with Crippen LogP contribution >= 0.6 is 0 Å². The Balaban J connectivity index is 2.55. The van der Waals surface area contributed by atoms with Crippen molar-refractivity contribution in [3.63, 3.8) is 0 Å². The van der Waals surface area contributed by atoms with Crippen LogP contribution in [0.15, 0.2) is 36.4 Å².